The minimum Gasteiger partial charge on any atom is -0.324 e. The van der Waals surface area contributed by atoms with Crippen LogP contribution in [0.2, 0.25) is 0 Å². The van der Waals surface area contributed by atoms with Gasteiger partial charge in [-0.25, -0.2) is 9.89 Å². The van der Waals surface area contributed by atoms with Gasteiger partial charge in [-0.15, -0.1) is 5.10 Å². The van der Waals surface area contributed by atoms with Crippen molar-refractivity contribution in [1.29, 1.82) is 0 Å². The van der Waals surface area contributed by atoms with Gasteiger partial charge in [-0.1, -0.05) is 29.8 Å². The zero-order valence-corrected chi connectivity index (χ0v) is 9.82. The molecule has 1 aromatic heterocycles. The van der Waals surface area contributed by atoms with Crippen LogP contribution in [-0.4, -0.2) is 15.2 Å². The number of anilines is 2. The van der Waals surface area contributed by atoms with Crippen LogP contribution in [0.3, 0.4) is 0 Å². The molecule has 5 nitrogen and oxygen atoms in total. The molecule has 0 saturated heterocycles. The number of hydrogen-bond donors (Lipinski definition) is 3. The molecule has 3 N–H and O–H groups in total. The Bertz CT molecular complexity index is 757. The average molecular weight is 240 g/mol. The van der Waals surface area contributed by atoms with Gasteiger partial charge in [0.1, 0.15) is 0 Å². The summed E-state index contributed by atoms with van der Waals surface area (Å²) in [6.45, 7) is 2.07. The van der Waals surface area contributed by atoms with Crippen molar-refractivity contribution in [2.24, 2.45) is 0 Å². The van der Waals surface area contributed by atoms with Crippen molar-refractivity contribution in [3.8, 4) is 0 Å². The molecule has 18 heavy (non-hydrogen) atoms. The molecule has 0 aliphatic heterocycles. The predicted molar refractivity (Wildman–Crippen MR) is 71.2 cm³/mol. The number of fused-ring (bicyclic) bond motifs is 1. The monoisotopic (exact) mass is 240 g/mol. The number of hydrogen-bond acceptors (Lipinski definition) is 3. The summed E-state index contributed by atoms with van der Waals surface area (Å²) >= 11 is 0. The molecule has 0 fully saturated rings. The number of nitrogens with one attached hydrogen (secondary N) is 3. The summed E-state index contributed by atoms with van der Waals surface area (Å²) in [5, 5.41) is 11.5. The highest BCUT2D eigenvalue weighted by molar-refractivity contribution is 5.86. The predicted octanol–water partition coefficient (Wildman–Crippen LogP) is 2.30. The van der Waals surface area contributed by atoms with Crippen molar-refractivity contribution in [3.63, 3.8) is 0 Å². The van der Waals surface area contributed by atoms with E-state index in [4.69, 9.17) is 0 Å². The molecule has 0 aliphatic carbocycles. The van der Waals surface area contributed by atoms with Gasteiger partial charge in [-0.3, -0.25) is 4.98 Å². The van der Waals surface area contributed by atoms with Crippen molar-refractivity contribution >= 4 is 22.4 Å². The molecule has 0 atom stereocenters. The first kappa shape index (κ1) is 10.6. The summed E-state index contributed by atoms with van der Waals surface area (Å²) in [5.41, 5.74) is 1.79. The lowest BCUT2D eigenvalue weighted by Gasteiger charge is -2.05. The molecular formula is C13H12N4O. The lowest BCUT2D eigenvalue weighted by Crippen LogP contribution is -2.01. The molecule has 0 bridgehead atoms. The summed E-state index contributed by atoms with van der Waals surface area (Å²) in [4.78, 5) is 13.5. The number of rotatable bonds is 2. The van der Waals surface area contributed by atoms with Crippen LogP contribution >= 0.6 is 0 Å². The topological polar surface area (TPSA) is 73.6 Å². The second-order valence-electron chi connectivity index (χ2n) is 4.22. The van der Waals surface area contributed by atoms with Gasteiger partial charge in [0.25, 0.3) is 0 Å². The van der Waals surface area contributed by atoms with Crippen LogP contribution in [0.25, 0.3) is 10.8 Å². The Morgan fingerprint density at radius 2 is 1.89 bits per heavy atom. The van der Waals surface area contributed by atoms with Gasteiger partial charge in [0.05, 0.1) is 0 Å². The number of nitrogens with zero attached hydrogens (tertiary/aromatic N) is 1. The minimum atomic E-state index is -0.325. The maximum atomic E-state index is 10.9. The Morgan fingerprint density at radius 1 is 1.11 bits per heavy atom. The van der Waals surface area contributed by atoms with E-state index in [-0.39, 0.29) is 5.69 Å². The molecule has 0 aliphatic rings. The van der Waals surface area contributed by atoms with E-state index in [2.05, 4.69) is 45.6 Å². The van der Waals surface area contributed by atoms with Crippen molar-refractivity contribution in [1.82, 2.24) is 15.2 Å². The van der Waals surface area contributed by atoms with Gasteiger partial charge >= 0.3 is 5.69 Å². The molecule has 3 rings (SSSR count). The normalized spacial score (nSPS) is 10.7. The third-order valence-electron chi connectivity index (χ3n) is 2.76. The van der Waals surface area contributed by atoms with E-state index in [0.29, 0.717) is 5.95 Å². The molecular weight excluding hydrogens is 228 g/mol. The molecule has 0 spiro atoms. The van der Waals surface area contributed by atoms with Crippen LogP contribution in [-0.2, 0) is 0 Å². The fourth-order valence-electron chi connectivity index (χ4n) is 1.91. The second kappa shape index (κ2) is 4.03. The number of aromatic nitrogens is 3. The summed E-state index contributed by atoms with van der Waals surface area (Å²) in [7, 11) is 0. The maximum Gasteiger partial charge on any atom is 0.342 e. The fraction of sp³-hybridized carbons (Fsp3) is 0.0769. The first-order valence-corrected chi connectivity index (χ1v) is 5.63. The zero-order valence-electron chi connectivity index (χ0n) is 9.82. The van der Waals surface area contributed by atoms with Gasteiger partial charge in [0.2, 0.25) is 5.95 Å². The number of aryl methyl sites for hydroxylation is 1. The average Bonchev–Trinajstić information content (AvgIpc) is 2.75. The lowest BCUT2D eigenvalue weighted by molar-refractivity contribution is 1.05. The molecule has 90 valence electrons. The van der Waals surface area contributed by atoms with E-state index in [9.17, 15) is 4.79 Å². The van der Waals surface area contributed by atoms with Gasteiger partial charge < -0.3 is 5.32 Å². The third kappa shape index (κ3) is 1.98. The third-order valence-corrected chi connectivity index (χ3v) is 2.76. The second-order valence-corrected chi connectivity index (χ2v) is 4.22. The zero-order chi connectivity index (χ0) is 12.5. The van der Waals surface area contributed by atoms with Crippen LogP contribution in [0, 0.1) is 6.92 Å². The summed E-state index contributed by atoms with van der Waals surface area (Å²) in [6, 6.07) is 12.3. The molecule has 3 aromatic rings. The molecule has 5 heteroatoms. The molecule has 0 saturated carbocycles. The fourth-order valence-corrected chi connectivity index (χ4v) is 1.91. The molecule has 0 radical (unpaired) electrons. The van der Waals surface area contributed by atoms with E-state index >= 15 is 0 Å². The Kier molecular flexibility index (Phi) is 2.37. The first-order valence-electron chi connectivity index (χ1n) is 5.63. The van der Waals surface area contributed by atoms with Crippen LogP contribution in [0.4, 0.5) is 11.6 Å². The highest BCUT2D eigenvalue weighted by Crippen LogP contribution is 2.21. The van der Waals surface area contributed by atoms with Crippen molar-refractivity contribution in [2.75, 3.05) is 5.32 Å². The van der Waals surface area contributed by atoms with E-state index in [1.54, 1.807) is 0 Å². The van der Waals surface area contributed by atoms with E-state index in [1.807, 2.05) is 18.2 Å². The van der Waals surface area contributed by atoms with Crippen LogP contribution in [0.5, 0.6) is 0 Å². The Morgan fingerprint density at radius 3 is 2.67 bits per heavy atom. The van der Waals surface area contributed by atoms with Gasteiger partial charge in [-0.05, 0) is 29.8 Å². The number of benzene rings is 2. The first-order chi connectivity index (χ1) is 8.70. The molecule has 1 heterocycles. The quantitative estimate of drug-likeness (QED) is 0.643. The smallest absolute Gasteiger partial charge is 0.324 e. The number of H-pyrrole nitrogens is 2. The molecule has 2 aromatic carbocycles. The molecule has 0 amide bonds. The Hall–Kier alpha value is -2.56. The summed E-state index contributed by atoms with van der Waals surface area (Å²) in [6.07, 6.45) is 0. The van der Waals surface area contributed by atoms with E-state index < -0.39 is 0 Å². The standard InChI is InChI=1S/C13H12N4O/c1-8-2-3-10-7-11(5-4-9(10)6-8)14-12-15-13(18)17-16-12/h2-7H,1H3,(H3,14,15,16,17,18). The SMILES string of the molecule is Cc1ccc2cc(Nc3n[nH]c(=O)[nH]3)ccc2c1. The molecule has 0 unspecified atom stereocenters. The van der Waals surface area contributed by atoms with Crippen LogP contribution in [0.1, 0.15) is 5.56 Å². The van der Waals surface area contributed by atoms with Gasteiger partial charge in [0, 0.05) is 5.69 Å². The Labute approximate surface area is 103 Å². The van der Waals surface area contributed by atoms with Crippen molar-refractivity contribution in [2.45, 2.75) is 6.92 Å². The van der Waals surface area contributed by atoms with Crippen molar-refractivity contribution < 1.29 is 0 Å². The van der Waals surface area contributed by atoms with E-state index in [0.717, 1.165) is 11.1 Å². The van der Waals surface area contributed by atoms with Crippen molar-refractivity contribution in [3.05, 3.63) is 52.4 Å². The van der Waals surface area contributed by atoms with Crippen LogP contribution < -0.4 is 11.0 Å². The number of aromatic amines is 2. The van der Waals surface area contributed by atoms with Gasteiger partial charge in [-0.2, -0.15) is 0 Å². The van der Waals surface area contributed by atoms with E-state index in [1.165, 1.54) is 10.9 Å². The summed E-state index contributed by atoms with van der Waals surface area (Å²) < 4.78 is 0. The summed E-state index contributed by atoms with van der Waals surface area (Å²) in [5.74, 6) is 0.409. The maximum absolute atomic E-state index is 10.9. The highest BCUT2D eigenvalue weighted by atomic mass is 16.1. The Balaban J connectivity index is 1.98. The highest BCUT2D eigenvalue weighted by Gasteiger charge is 2.00. The lowest BCUT2D eigenvalue weighted by atomic mass is 10.1. The largest absolute Gasteiger partial charge is 0.342 e. The van der Waals surface area contributed by atoms with Gasteiger partial charge in [0.15, 0.2) is 0 Å². The minimum absolute atomic E-state index is 0.325. The van der Waals surface area contributed by atoms with Crippen LogP contribution in [0.15, 0.2) is 41.2 Å².